The van der Waals surface area contributed by atoms with Crippen molar-refractivity contribution in [2.45, 2.75) is 63.9 Å². The van der Waals surface area contributed by atoms with Crippen LogP contribution >= 0.6 is 0 Å². The first kappa shape index (κ1) is 16.2. The SMILES string of the molecule is C#C[C@@]1(O)CC[C@H]2[C@@H]3CCC4=CC(=O)CC[C@@H]4[C@H]3C(=C)C[C@@]21CC. The van der Waals surface area contributed by atoms with Crippen LogP contribution < -0.4 is 0 Å². The maximum atomic E-state index is 11.8. The molecule has 2 nitrogen and oxygen atoms in total. The molecule has 3 fully saturated rings. The van der Waals surface area contributed by atoms with Crippen LogP contribution in [0.25, 0.3) is 0 Å². The maximum absolute atomic E-state index is 11.8. The molecule has 0 aromatic carbocycles. The number of fused-ring (bicyclic) bond motifs is 5. The molecule has 4 aliphatic rings. The van der Waals surface area contributed by atoms with E-state index in [1.54, 1.807) is 0 Å². The van der Waals surface area contributed by atoms with E-state index in [1.165, 1.54) is 11.1 Å². The summed E-state index contributed by atoms with van der Waals surface area (Å²) >= 11 is 0. The van der Waals surface area contributed by atoms with Gasteiger partial charge in [-0.1, -0.05) is 30.6 Å². The second kappa shape index (κ2) is 5.33. The molecule has 0 amide bonds. The number of allylic oxidation sites excluding steroid dienone is 2. The highest BCUT2D eigenvalue weighted by Crippen LogP contribution is 2.67. The van der Waals surface area contributed by atoms with Crippen LogP contribution in [0.1, 0.15) is 58.3 Å². The first-order chi connectivity index (χ1) is 11.5. The molecule has 0 bridgehead atoms. The van der Waals surface area contributed by atoms with Gasteiger partial charge in [-0.3, -0.25) is 4.79 Å². The van der Waals surface area contributed by atoms with Crippen molar-refractivity contribution in [1.29, 1.82) is 0 Å². The Morgan fingerprint density at radius 1 is 1.38 bits per heavy atom. The average Bonchev–Trinajstić information content (AvgIpc) is 2.88. The molecule has 0 spiro atoms. The highest BCUT2D eigenvalue weighted by molar-refractivity contribution is 5.91. The van der Waals surface area contributed by atoms with Crippen molar-refractivity contribution >= 4 is 5.78 Å². The third kappa shape index (κ3) is 1.91. The second-order valence-corrected chi connectivity index (χ2v) is 8.55. The zero-order chi connectivity index (χ0) is 17.1. The molecule has 6 atom stereocenters. The van der Waals surface area contributed by atoms with Crippen LogP contribution in [0.15, 0.2) is 23.8 Å². The standard InChI is InChI=1S/C22H28O2/c1-4-21-13-14(3)20-17-9-7-16(23)12-15(17)6-8-18(20)19(21)10-11-22(21,24)5-2/h2,12,17-20,24H,3-4,6-11,13H2,1H3/t17-,18-,19-,20+,21-,22+/m0/s1. The molecular weight excluding hydrogens is 296 g/mol. The minimum absolute atomic E-state index is 0.189. The number of hydrogen-bond acceptors (Lipinski definition) is 2. The molecule has 4 rings (SSSR count). The van der Waals surface area contributed by atoms with Crippen molar-refractivity contribution in [2.24, 2.45) is 29.1 Å². The second-order valence-electron chi connectivity index (χ2n) is 8.55. The number of carbonyl (C=O) groups is 1. The lowest BCUT2D eigenvalue weighted by atomic mass is 9.48. The van der Waals surface area contributed by atoms with E-state index >= 15 is 0 Å². The number of hydrogen-bond donors (Lipinski definition) is 1. The number of terminal acetylenes is 1. The first-order valence-electron chi connectivity index (χ1n) is 9.57. The molecule has 128 valence electrons. The quantitative estimate of drug-likeness (QED) is 0.583. The summed E-state index contributed by atoms with van der Waals surface area (Å²) in [6, 6.07) is 0. The molecule has 1 N–H and O–H groups in total. The van der Waals surface area contributed by atoms with Crippen LogP contribution in [0.4, 0.5) is 0 Å². The Bertz CT molecular complexity index is 666. The van der Waals surface area contributed by atoms with Crippen molar-refractivity contribution in [3.05, 3.63) is 23.8 Å². The van der Waals surface area contributed by atoms with Gasteiger partial charge in [0.1, 0.15) is 5.60 Å². The van der Waals surface area contributed by atoms with Gasteiger partial charge in [-0.2, -0.15) is 0 Å². The van der Waals surface area contributed by atoms with E-state index in [9.17, 15) is 9.90 Å². The molecule has 3 saturated carbocycles. The first-order valence-corrected chi connectivity index (χ1v) is 9.57. The van der Waals surface area contributed by atoms with Crippen LogP contribution in [0, 0.1) is 41.4 Å². The fourth-order valence-electron chi connectivity index (χ4n) is 6.90. The summed E-state index contributed by atoms with van der Waals surface area (Å²) in [6.45, 7) is 6.65. The van der Waals surface area contributed by atoms with E-state index < -0.39 is 5.60 Å². The maximum Gasteiger partial charge on any atom is 0.155 e. The van der Waals surface area contributed by atoms with Crippen LogP contribution in [0.3, 0.4) is 0 Å². The summed E-state index contributed by atoms with van der Waals surface area (Å²) in [6.07, 6.45) is 15.1. The Morgan fingerprint density at radius 3 is 2.88 bits per heavy atom. The van der Waals surface area contributed by atoms with Gasteiger partial charge in [-0.05, 0) is 74.7 Å². The highest BCUT2D eigenvalue weighted by atomic mass is 16.3. The largest absolute Gasteiger partial charge is 0.377 e. The number of ketones is 1. The third-order valence-corrected chi connectivity index (χ3v) is 7.94. The molecule has 4 aliphatic carbocycles. The van der Waals surface area contributed by atoms with Crippen LogP contribution in [-0.2, 0) is 4.79 Å². The Balaban J connectivity index is 1.74. The van der Waals surface area contributed by atoms with Crippen LogP contribution in [-0.4, -0.2) is 16.5 Å². The summed E-state index contributed by atoms with van der Waals surface area (Å²) in [5.41, 5.74) is 1.48. The topological polar surface area (TPSA) is 37.3 Å². The molecule has 0 aromatic heterocycles. The van der Waals surface area contributed by atoms with Gasteiger partial charge in [0.25, 0.3) is 0 Å². The third-order valence-electron chi connectivity index (χ3n) is 7.94. The predicted octanol–water partition coefficient (Wildman–Crippen LogP) is 4.05. The Morgan fingerprint density at radius 2 is 2.17 bits per heavy atom. The van der Waals surface area contributed by atoms with E-state index in [2.05, 4.69) is 19.4 Å². The molecule has 24 heavy (non-hydrogen) atoms. The minimum Gasteiger partial charge on any atom is -0.377 e. The number of rotatable bonds is 1. The van der Waals surface area contributed by atoms with E-state index in [0.717, 1.165) is 44.9 Å². The average molecular weight is 324 g/mol. The van der Waals surface area contributed by atoms with Crippen LogP contribution in [0.2, 0.25) is 0 Å². The monoisotopic (exact) mass is 324 g/mol. The van der Waals surface area contributed by atoms with Crippen molar-refractivity contribution in [1.82, 2.24) is 0 Å². The van der Waals surface area contributed by atoms with Crippen molar-refractivity contribution in [3.63, 3.8) is 0 Å². The molecule has 0 saturated heterocycles. The zero-order valence-corrected chi connectivity index (χ0v) is 14.7. The zero-order valence-electron chi connectivity index (χ0n) is 14.7. The summed E-state index contributed by atoms with van der Waals surface area (Å²) < 4.78 is 0. The van der Waals surface area contributed by atoms with Gasteiger partial charge in [-0.15, -0.1) is 6.42 Å². The van der Waals surface area contributed by atoms with E-state index in [-0.39, 0.29) is 5.41 Å². The molecular formula is C22H28O2. The molecule has 0 unspecified atom stereocenters. The van der Waals surface area contributed by atoms with Gasteiger partial charge in [0.15, 0.2) is 5.78 Å². The summed E-state index contributed by atoms with van der Waals surface area (Å²) in [5, 5.41) is 11.2. The Labute approximate surface area is 145 Å². The van der Waals surface area contributed by atoms with Gasteiger partial charge >= 0.3 is 0 Å². The lowest BCUT2D eigenvalue weighted by molar-refractivity contribution is -0.116. The molecule has 0 aromatic rings. The van der Waals surface area contributed by atoms with Gasteiger partial charge in [-0.25, -0.2) is 0 Å². The van der Waals surface area contributed by atoms with Gasteiger partial charge in [0.2, 0.25) is 0 Å². The number of carbonyl (C=O) groups excluding carboxylic acids is 1. The van der Waals surface area contributed by atoms with Crippen molar-refractivity contribution in [3.8, 4) is 12.3 Å². The smallest absolute Gasteiger partial charge is 0.155 e. The Kier molecular flexibility index (Phi) is 3.59. The molecule has 0 aliphatic heterocycles. The van der Waals surface area contributed by atoms with Gasteiger partial charge in [0, 0.05) is 11.8 Å². The molecule has 0 radical (unpaired) electrons. The summed E-state index contributed by atoms with van der Waals surface area (Å²) in [7, 11) is 0. The summed E-state index contributed by atoms with van der Waals surface area (Å²) in [4.78, 5) is 11.8. The Hall–Kier alpha value is -1.33. The minimum atomic E-state index is -0.973. The fourth-order valence-corrected chi connectivity index (χ4v) is 6.90. The lowest BCUT2D eigenvalue weighted by Gasteiger charge is -2.56. The fraction of sp³-hybridized carbons (Fsp3) is 0.682. The lowest BCUT2D eigenvalue weighted by Crippen LogP contribution is -2.54. The van der Waals surface area contributed by atoms with E-state index in [0.29, 0.717) is 35.9 Å². The van der Waals surface area contributed by atoms with Gasteiger partial charge < -0.3 is 5.11 Å². The normalized spacial score (nSPS) is 47.3. The molecule has 2 heteroatoms. The van der Waals surface area contributed by atoms with Gasteiger partial charge in [0.05, 0.1) is 0 Å². The summed E-state index contributed by atoms with van der Waals surface area (Å²) in [5.74, 6) is 5.13. The van der Waals surface area contributed by atoms with Crippen molar-refractivity contribution < 1.29 is 9.90 Å². The van der Waals surface area contributed by atoms with Crippen molar-refractivity contribution in [2.75, 3.05) is 0 Å². The van der Waals surface area contributed by atoms with Crippen LogP contribution in [0.5, 0.6) is 0 Å². The number of aliphatic hydroxyl groups is 1. The highest BCUT2D eigenvalue weighted by Gasteiger charge is 2.64. The molecule has 0 heterocycles. The van der Waals surface area contributed by atoms with E-state index in [4.69, 9.17) is 6.42 Å². The van der Waals surface area contributed by atoms with E-state index in [1.807, 2.05) is 6.08 Å². The predicted molar refractivity (Wildman–Crippen MR) is 95.0 cm³/mol.